The predicted octanol–water partition coefficient (Wildman–Crippen LogP) is 2.92. The lowest BCUT2D eigenvalue weighted by molar-refractivity contribution is -0.117. The predicted molar refractivity (Wildman–Crippen MR) is 80.6 cm³/mol. The zero-order valence-electron chi connectivity index (χ0n) is 12.2. The molecule has 1 atom stereocenters. The summed E-state index contributed by atoms with van der Waals surface area (Å²) in [5.41, 5.74) is 10.4. The Kier molecular flexibility index (Phi) is 5.18. The molecular weight excluding hydrogens is 258 g/mol. The van der Waals surface area contributed by atoms with Crippen LogP contribution in [-0.4, -0.2) is 16.9 Å². The molecule has 0 fully saturated rings. The van der Waals surface area contributed by atoms with Gasteiger partial charge in [-0.15, -0.1) is 11.8 Å². The molecular formula is C15H21NO2S. The summed E-state index contributed by atoms with van der Waals surface area (Å²) in [6, 6.07) is 2.04. The number of carbonyl (C=O) groups is 2. The standard InChI is InChI=1S/C15H21NO2S/c1-8-6-9(2)14(11(4)17)10(3)13(8)7-19-12(5)15(16)18/h6,12H,7H2,1-5H3,(H2,16,18). The normalized spacial score (nSPS) is 12.3. The van der Waals surface area contributed by atoms with E-state index in [4.69, 9.17) is 5.73 Å². The Morgan fingerprint density at radius 2 is 1.84 bits per heavy atom. The van der Waals surface area contributed by atoms with Gasteiger partial charge in [-0.25, -0.2) is 0 Å². The van der Waals surface area contributed by atoms with Crippen LogP contribution in [0, 0.1) is 20.8 Å². The minimum atomic E-state index is -0.306. The SMILES string of the molecule is CC(=O)c1c(C)cc(C)c(CSC(C)C(N)=O)c1C. The second kappa shape index (κ2) is 6.24. The highest BCUT2D eigenvalue weighted by molar-refractivity contribution is 7.99. The van der Waals surface area contributed by atoms with E-state index in [0.29, 0.717) is 5.75 Å². The van der Waals surface area contributed by atoms with Gasteiger partial charge in [0.25, 0.3) is 0 Å². The van der Waals surface area contributed by atoms with Gasteiger partial charge in [0, 0.05) is 11.3 Å². The van der Waals surface area contributed by atoms with Crippen molar-refractivity contribution < 1.29 is 9.59 Å². The van der Waals surface area contributed by atoms with Crippen LogP contribution in [0.15, 0.2) is 6.07 Å². The van der Waals surface area contributed by atoms with Crippen LogP contribution in [0.25, 0.3) is 0 Å². The van der Waals surface area contributed by atoms with Crippen molar-refractivity contribution in [1.29, 1.82) is 0 Å². The molecule has 1 aromatic carbocycles. The number of ketones is 1. The lowest BCUT2D eigenvalue weighted by Gasteiger charge is -2.16. The number of primary amides is 1. The van der Waals surface area contributed by atoms with Crippen molar-refractivity contribution in [1.82, 2.24) is 0 Å². The summed E-state index contributed by atoms with van der Waals surface area (Å²) in [5.74, 6) is 0.478. The number of carbonyl (C=O) groups excluding carboxylic acids is 2. The second-order valence-corrected chi connectivity index (χ2v) is 6.23. The molecule has 0 aliphatic heterocycles. The molecule has 3 nitrogen and oxygen atoms in total. The van der Waals surface area contributed by atoms with Crippen LogP contribution in [0.2, 0.25) is 0 Å². The third-order valence-corrected chi connectivity index (χ3v) is 4.55. The zero-order valence-corrected chi connectivity index (χ0v) is 13.0. The lowest BCUT2D eigenvalue weighted by atomic mass is 9.92. The fraction of sp³-hybridized carbons (Fsp3) is 0.467. The average molecular weight is 279 g/mol. The van der Waals surface area contributed by atoms with Crippen LogP contribution < -0.4 is 5.73 Å². The van der Waals surface area contributed by atoms with Gasteiger partial charge in [-0.1, -0.05) is 6.07 Å². The van der Waals surface area contributed by atoms with E-state index < -0.39 is 0 Å². The topological polar surface area (TPSA) is 60.2 Å². The monoisotopic (exact) mass is 279 g/mol. The van der Waals surface area contributed by atoms with Crippen molar-refractivity contribution in [2.24, 2.45) is 5.73 Å². The molecule has 0 aromatic heterocycles. The summed E-state index contributed by atoms with van der Waals surface area (Å²) < 4.78 is 0. The molecule has 4 heteroatoms. The van der Waals surface area contributed by atoms with Gasteiger partial charge in [0.1, 0.15) is 0 Å². The first-order chi connectivity index (χ1) is 8.75. The van der Waals surface area contributed by atoms with Crippen molar-refractivity contribution in [2.75, 3.05) is 0 Å². The minimum Gasteiger partial charge on any atom is -0.369 e. The summed E-state index contributed by atoms with van der Waals surface area (Å²) >= 11 is 1.51. The van der Waals surface area contributed by atoms with E-state index in [1.165, 1.54) is 11.8 Å². The van der Waals surface area contributed by atoms with Crippen LogP contribution in [0.1, 0.15) is 46.5 Å². The second-order valence-electron chi connectivity index (χ2n) is 4.90. The zero-order chi connectivity index (χ0) is 14.7. The molecule has 0 aliphatic carbocycles. The molecule has 1 amide bonds. The Morgan fingerprint density at radius 3 is 2.32 bits per heavy atom. The highest BCUT2D eigenvalue weighted by atomic mass is 32.2. The maximum Gasteiger partial charge on any atom is 0.230 e. The minimum absolute atomic E-state index is 0.0872. The molecule has 104 valence electrons. The summed E-state index contributed by atoms with van der Waals surface area (Å²) in [7, 11) is 0. The molecule has 1 aromatic rings. The van der Waals surface area contributed by atoms with E-state index in [2.05, 4.69) is 0 Å². The highest BCUT2D eigenvalue weighted by Gasteiger charge is 2.16. The van der Waals surface area contributed by atoms with Crippen molar-refractivity contribution in [3.05, 3.63) is 33.9 Å². The number of nitrogens with two attached hydrogens (primary N) is 1. The smallest absolute Gasteiger partial charge is 0.230 e. The van der Waals surface area contributed by atoms with E-state index in [-0.39, 0.29) is 16.9 Å². The van der Waals surface area contributed by atoms with Gasteiger partial charge in [-0.3, -0.25) is 9.59 Å². The van der Waals surface area contributed by atoms with Gasteiger partial charge in [-0.2, -0.15) is 0 Å². The van der Waals surface area contributed by atoms with E-state index in [1.807, 2.05) is 26.8 Å². The molecule has 19 heavy (non-hydrogen) atoms. The van der Waals surface area contributed by atoms with Crippen LogP contribution >= 0.6 is 11.8 Å². The van der Waals surface area contributed by atoms with Gasteiger partial charge in [0.15, 0.2) is 5.78 Å². The summed E-state index contributed by atoms with van der Waals surface area (Å²) in [5, 5.41) is -0.221. The summed E-state index contributed by atoms with van der Waals surface area (Å²) in [4.78, 5) is 22.8. The molecule has 0 saturated carbocycles. The first-order valence-corrected chi connectivity index (χ1v) is 7.32. The summed E-state index contributed by atoms with van der Waals surface area (Å²) in [6.07, 6.45) is 0. The first-order valence-electron chi connectivity index (χ1n) is 6.27. The maximum absolute atomic E-state index is 11.7. The quantitative estimate of drug-likeness (QED) is 0.843. The number of amides is 1. The van der Waals surface area contributed by atoms with Crippen LogP contribution in [0.5, 0.6) is 0 Å². The molecule has 1 unspecified atom stereocenters. The van der Waals surface area contributed by atoms with Crippen molar-refractivity contribution in [3.8, 4) is 0 Å². The summed E-state index contributed by atoms with van der Waals surface area (Å²) in [6.45, 7) is 9.36. The molecule has 0 saturated heterocycles. The van der Waals surface area contributed by atoms with Crippen LogP contribution in [-0.2, 0) is 10.5 Å². The van der Waals surface area contributed by atoms with Crippen LogP contribution in [0.3, 0.4) is 0 Å². The Bertz CT molecular complexity index is 523. The lowest BCUT2D eigenvalue weighted by Crippen LogP contribution is -2.22. The van der Waals surface area contributed by atoms with Gasteiger partial charge in [-0.05, 0) is 56.9 Å². The van der Waals surface area contributed by atoms with Gasteiger partial charge < -0.3 is 5.73 Å². The Balaban J connectivity index is 3.11. The largest absolute Gasteiger partial charge is 0.369 e. The fourth-order valence-electron chi connectivity index (χ4n) is 2.28. The number of thioether (sulfide) groups is 1. The maximum atomic E-state index is 11.7. The van der Waals surface area contributed by atoms with E-state index in [0.717, 1.165) is 27.8 Å². The van der Waals surface area contributed by atoms with E-state index >= 15 is 0 Å². The fourth-order valence-corrected chi connectivity index (χ4v) is 3.31. The molecule has 0 radical (unpaired) electrons. The molecule has 0 heterocycles. The number of rotatable bonds is 5. The number of Topliss-reactive ketones (excluding diaryl/α,β-unsaturated/α-hetero) is 1. The Morgan fingerprint density at radius 1 is 1.26 bits per heavy atom. The number of aryl methyl sites for hydroxylation is 2. The number of hydrogen-bond donors (Lipinski definition) is 1. The molecule has 0 bridgehead atoms. The van der Waals surface area contributed by atoms with Crippen LogP contribution in [0.4, 0.5) is 0 Å². The Labute approximate surface area is 119 Å². The first kappa shape index (κ1) is 15.8. The Hall–Kier alpha value is -1.29. The highest BCUT2D eigenvalue weighted by Crippen LogP contribution is 2.27. The van der Waals surface area contributed by atoms with Crippen molar-refractivity contribution in [2.45, 2.75) is 45.6 Å². The van der Waals surface area contributed by atoms with E-state index in [9.17, 15) is 9.59 Å². The molecule has 1 rings (SSSR count). The third-order valence-electron chi connectivity index (χ3n) is 3.36. The van der Waals surface area contributed by atoms with Crippen molar-refractivity contribution in [3.63, 3.8) is 0 Å². The number of benzene rings is 1. The van der Waals surface area contributed by atoms with Crippen molar-refractivity contribution >= 4 is 23.5 Å². The number of hydrogen-bond acceptors (Lipinski definition) is 3. The third kappa shape index (κ3) is 3.60. The van der Waals surface area contributed by atoms with Gasteiger partial charge in [0.05, 0.1) is 5.25 Å². The molecule has 0 spiro atoms. The van der Waals surface area contributed by atoms with Gasteiger partial charge >= 0.3 is 0 Å². The average Bonchev–Trinajstić information content (AvgIpc) is 2.26. The molecule has 0 aliphatic rings. The van der Waals surface area contributed by atoms with E-state index in [1.54, 1.807) is 13.8 Å². The molecule has 2 N–H and O–H groups in total. The van der Waals surface area contributed by atoms with Gasteiger partial charge in [0.2, 0.25) is 5.91 Å².